The maximum absolute atomic E-state index is 10.3. The van der Waals surface area contributed by atoms with Gasteiger partial charge in [-0.25, -0.2) is 0 Å². The zero-order valence-corrected chi connectivity index (χ0v) is 15.1. The zero-order valence-electron chi connectivity index (χ0n) is 14.1. The van der Waals surface area contributed by atoms with Gasteiger partial charge in [-0.2, -0.15) is 0 Å². The number of hydrogen-bond acceptors (Lipinski definition) is 2. The van der Waals surface area contributed by atoms with Crippen LogP contribution in [0.1, 0.15) is 96.8 Å². The van der Waals surface area contributed by atoms with Gasteiger partial charge in [0.2, 0.25) is 0 Å². The van der Waals surface area contributed by atoms with Gasteiger partial charge >= 0.3 is 25.7 Å². The van der Waals surface area contributed by atoms with E-state index in [2.05, 4.69) is 35.0 Å². The van der Waals surface area contributed by atoms with Crippen LogP contribution in [0.5, 0.6) is 0 Å². The molecule has 0 aliphatic rings. The van der Waals surface area contributed by atoms with Crippen molar-refractivity contribution in [2.75, 3.05) is 0 Å². The number of hydrogen-bond donors (Lipinski definition) is 1. The van der Waals surface area contributed by atoms with Gasteiger partial charge in [-0.1, -0.05) is 70.4 Å². The summed E-state index contributed by atoms with van der Waals surface area (Å²) in [6.07, 6.45) is 21.2. The van der Waals surface area contributed by atoms with Crippen molar-refractivity contribution in [2.24, 2.45) is 0 Å². The Morgan fingerprint density at radius 1 is 0.773 bits per heavy atom. The molecule has 135 valence electrons. The molecule has 0 aromatic heterocycles. The number of carboxylic acid groups (broad SMARTS) is 1. The van der Waals surface area contributed by atoms with Crippen molar-refractivity contribution >= 4 is 5.97 Å². The number of rotatable bonds is 15. The van der Waals surface area contributed by atoms with Crippen molar-refractivity contribution in [3.8, 4) is 0 Å². The van der Waals surface area contributed by atoms with Gasteiger partial charge < -0.3 is 5.11 Å². The van der Waals surface area contributed by atoms with E-state index in [0.29, 0.717) is 6.42 Å². The Morgan fingerprint density at radius 2 is 1.18 bits per heavy atom. The van der Waals surface area contributed by atoms with Gasteiger partial charge in [0.15, 0.2) is 0 Å². The van der Waals surface area contributed by atoms with Crippen molar-refractivity contribution in [1.29, 1.82) is 0 Å². The average Bonchev–Trinajstić information content (AvgIpc) is 2.53. The molecule has 3 nitrogen and oxygen atoms in total. The van der Waals surface area contributed by atoms with Crippen LogP contribution in [0.2, 0.25) is 0 Å². The molecule has 1 N–H and O–H groups in total. The van der Waals surface area contributed by atoms with Crippen molar-refractivity contribution in [3.05, 3.63) is 12.2 Å². The van der Waals surface area contributed by atoms with Gasteiger partial charge in [-0.05, 0) is 32.1 Å². The summed E-state index contributed by atoms with van der Waals surface area (Å²) in [6, 6.07) is 0. The molecule has 0 atom stereocenters. The van der Waals surface area contributed by atoms with Crippen molar-refractivity contribution in [3.63, 3.8) is 0 Å². The topological polar surface area (TPSA) is 54.4 Å². The van der Waals surface area contributed by atoms with Gasteiger partial charge in [0, 0.05) is 6.42 Å². The van der Waals surface area contributed by atoms with Crippen LogP contribution in [0.25, 0.3) is 0 Å². The van der Waals surface area contributed by atoms with E-state index in [0.717, 1.165) is 12.8 Å². The fourth-order valence-electron chi connectivity index (χ4n) is 2.35. The van der Waals surface area contributed by atoms with Crippen LogP contribution in [-0.4, -0.2) is 11.1 Å². The first-order valence-corrected chi connectivity index (χ1v) is 9.15. The Labute approximate surface area is 145 Å². The monoisotopic (exact) mass is 361 g/mol. The summed E-state index contributed by atoms with van der Waals surface area (Å²) in [5.74, 6) is -0.664. The third-order valence-corrected chi connectivity index (χ3v) is 3.65. The van der Waals surface area contributed by atoms with E-state index < -0.39 is 5.97 Å². The SMILES string of the molecule is CCCCCCCC/C=C\CCCCCCCC(=O)O.[O]=[Cu]. The standard InChI is InChI=1S/C18H34O2.Cu.O/c1-2-3-4-5-6-7-8-9-10-11-12-13-14-15-16-17-18(19)20;;/h9-10H,2-8,11-17H2,1H3,(H,19,20);;/b10-9-;;. The second kappa shape index (κ2) is 22.8. The molecule has 22 heavy (non-hydrogen) atoms. The molecule has 0 spiro atoms. The summed E-state index contributed by atoms with van der Waals surface area (Å²) in [5, 5.41) is 8.51. The van der Waals surface area contributed by atoms with Gasteiger partial charge in [-0.15, -0.1) is 0 Å². The molecule has 0 unspecified atom stereocenters. The fraction of sp³-hybridized carbons (Fsp3) is 0.833. The number of carboxylic acids is 1. The molecule has 0 aromatic carbocycles. The third-order valence-electron chi connectivity index (χ3n) is 3.65. The van der Waals surface area contributed by atoms with Crippen molar-refractivity contribution in [2.45, 2.75) is 96.8 Å². The molecule has 0 amide bonds. The molecule has 4 heteroatoms. The summed E-state index contributed by atoms with van der Waals surface area (Å²) >= 11 is 2.94. The van der Waals surface area contributed by atoms with Crippen molar-refractivity contribution < 1.29 is 29.7 Å². The molecule has 0 fully saturated rings. The summed E-state index contributed by atoms with van der Waals surface area (Å²) in [4.78, 5) is 10.3. The Morgan fingerprint density at radius 3 is 1.64 bits per heavy atom. The van der Waals surface area contributed by atoms with E-state index in [1.165, 1.54) is 70.6 Å². The normalized spacial score (nSPS) is 10.5. The first-order chi connectivity index (χ1) is 10.8. The Kier molecular flexibility index (Phi) is 24.7. The van der Waals surface area contributed by atoms with E-state index in [9.17, 15) is 4.79 Å². The van der Waals surface area contributed by atoms with Crippen molar-refractivity contribution in [1.82, 2.24) is 0 Å². The average molecular weight is 362 g/mol. The molecule has 0 saturated heterocycles. The third kappa shape index (κ3) is 24.5. The van der Waals surface area contributed by atoms with Crippen LogP contribution in [0.3, 0.4) is 0 Å². The molecule has 0 radical (unpaired) electrons. The summed E-state index contributed by atoms with van der Waals surface area (Å²) in [7, 11) is 0. The quantitative estimate of drug-likeness (QED) is 0.221. The van der Waals surface area contributed by atoms with Gasteiger partial charge in [0.1, 0.15) is 0 Å². The van der Waals surface area contributed by atoms with Gasteiger partial charge in [0.05, 0.1) is 0 Å². The molecular formula is C18H34CuO3. The minimum atomic E-state index is -0.664. The Bertz CT molecular complexity index is 255. The predicted octanol–water partition coefficient (Wildman–Crippen LogP) is 5.99. The molecular weight excluding hydrogens is 328 g/mol. The summed E-state index contributed by atoms with van der Waals surface area (Å²) in [5.41, 5.74) is 0. The molecule has 0 heterocycles. The van der Waals surface area contributed by atoms with E-state index in [-0.39, 0.29) is 0 Å². The maximum atomic E-state index is 10.3. The van der Waals surface area contributed by atoms with E-state index in [4.69, 9.17) is 8.94 Å². The number of unbranched alkanes of at least 4 members (excludes halogenated alkanes) is 11. The van der Waals surface area contributed by atoms with Crippen LogP contribution in [0, 0.1) is 0 Å². The molecule has 0 bridgehead atoms. The van der Waals surface area contributed by atoms with E-state index in [1.54, 1.807) is 0 Å². The second-order valence-corrected chi connectivity index (χ2v) is 5.73. The van der Waals surface area contributed by atoms with Gasteiger partial charge in [-0.3, -0.25) is 4.79 Å². The molecule has 0 aromatic rings. The Hall–Kier alpha value is -0.471. The van der Waals surface area contributed by atoms with Gasteiger partial charge in [0.25, 0.3) is 0 Å². The molecule has 0 aliphatic heterocycles. The summed E-state index contributed by atoms with van der Waals surface area (Å²) < 4.78 is 7.81. The number of aliphatic carboxylic acids is 1. The van der Waals surface area contributed by atoms with Crippen LogP contribution in [0.15, 0.2) is 12.2 Å². The zero-order chi connectivity index (χ0) is 16.9. The first kappa shape index (κ1) is 23.8. The second-order valence-electron chi connectivity index (χ2n) is 5.73. The predicted molar refractivity (Wildman–Crippen MR) is 87.8 cm³/mol. The fourth-order valence-corrected chi connectivity index (χ4v) is 2.35. The number of carbonyl (C=O) groups is 1. The summed E-state index contributed by atoms with van der Waals surface area (Å²) in [6.45, 7) is 2.26. The van der Waals surface area contributed by atoms with E-state index in [1.807, 2.05) is 0 Å². The molecule has 0 saturated carbocycles. The van der Waals surface area contributed by atoms with Crippen LogP contribution >= 0.6 is 0 Å². The first-order valence-electron chi connectivity index (χ1n) is 8.76. The molecule has 0 rings (SSSR count). The van der Waals surface area contributed by atoms with Crippen LogP contribution in [0.4, 0.5) is 0 Å². The van der Waals surface area contributed by atoms with Crippen LogP contribution in [-0.2, 0) is 24.6 Å². The minimum absolute atomic E-state index is 0.332. The van der Waals surface area contributed by atoms with Crippen LogP contribution < -0.4 is 0 Å². The number of allylic oxidation sites excluding steroid dienone is 2. The van der Waals surface area contributed by atoms with E-state index >= 15 is 0 Å². The Balaban J connectivity index is 0. The molecule has 0 aliphatic carbocycles.